The van der Waals surface area contributed by atoms with Gasteiger partial charge in [-0.3, -0.25) is 4.79 Å². The molecule has 0 bridgehead atoms. The molecule has 0 aliphatic heterocycles. The van der Waals surface area contributed by atoms with Crippen LogP contribution in [0.25, 0.3) is 32.9 Å². The third-order valence-corrected chi connectivity index (χ3v) is 5.92. The normalized spacial score (nSPS) is 11.2. The van der Waals surface area contributed by atoms with Gasteiger partial charge in [-0.15, -0.1) is 0 Å². The lowest BCUT2D eigenvalue weighted by Crippen LogP contribution is -2.05. The molecule has 1 aromatic heterocycles. The Morgan fingerprint density at radius 1 is 1.03 bits per heavy atom. The topological polar surface area (TPSA) is 77.8 Å². The molecule has 164 valence electrons. The first kappa shape index (κ1) is 21.4. The van der Waals surface area contributed by atoms with Crippen LogP contribution in [0.2, 0.25) is 0 Å². The SMILES string of the molecule is CCn1c2cc(-c3cc(OC)c(O)cc3C=O)c(C(=O)OC)cc2c2cc(C)cc(C)c21. The molecular formula is C26H25NO5. The summed E-state index contributed by atoms with van der Waals surface area (Å²) in [6, 6.07) is 10.9. The minimum atomic E-state index is -0.507. The van der Waals surface area contributed by atoms with Gasteiger partial charge in [-0.1, -0.05) is 11.6 Å². The molecule has 0 fully saturated rings. The molecule has 3 aromatic carbocycles. The quantitative estimate of drug-likeness (QED) is 0.338. The van der Waals surface area contributed by atoms with E-state index < -0.39 is 5.97 Å². The summed E-state index contributed by atoms with van der Waals surface area (Å²) < 4.78 is 12.5. The van der Waals surface area contributed by atoms with Gasteiger partial charge in [0.05, 0.1) is 25.3 Å². The Morgan fingerprint density at radius 2 is 1.78 bits per heavy atom. The molecule has 0 radical (unpaired) electrons. The lowest BCUT2D eigenvalue weighted by atomic mass is 9.93. The van der Waals surface area contributed by atoms with Crippen molar-refractivity contribution in [3.8, 4) is 22.6 Å². The van der Waals surface area contributed by atoms with Crippen molar-refractivity contribution in [3.63, 3.8) is 0 Å². The average molecular weight is 431 g/mol. The number of methoxy groups -OCH3 is 2. The summed E-state index contributed by atoms with van der Waals surface area (Å²) in [7, 11) is 2.77. The first-order chi connectivity index (χ1) is 15.3. The zero-order valence-electron chi connectivity index (χ0n) is 18.8. The van der Waals surface area contributed by atoms with E-state index in [0.717, 1.165) is 39.5 Å². The number of carbonyl (C=O) groups is 2. The lowest BCUT2D eigenvalue weighted by Gasteiger charge is -2.14. The minimum Gasteiger partial charge on any atom is -0.504 e. The predicted molar refractivity (Wildman–Crippen MR) is 125 cm³/mol. The number of aromatic nitrogens is 1. The molecule has 0 unspecified atom stereocenters. The lowest BCUT2D eigenvalue weighted by molar-refractivity contribution is 0.0601. The van der Waals surface area contributed by atoms with Crippen LogP contribution in [0.15, 0.2) is 36.4 Å². The molecule has 4 aromatic rings. The van der Waals surface area contributed by atoms with Gasteiger partial charge in [0.1, 0.15) is 0 Å². The Bertz CT molecular complexity index is 1400. The van der Waals surface area contributed by atoms with Gasteiger partial charge in [0.25, 0.3) is 0 Å². The molecule has 0 saturated carbocycles. The van der Waals surface area contributed by atoms with E-state index in [0.29, 0.717) is 23.0 Å². The smallest absolute Gasteiger partial charge is 0.338 e. The monoisotopic (exact) mass is 431 g/mol. The van der Waals surface area contributed by atoms with Crippen LogP contribution < -0.4 is 4.74 Å². The number of benzene rings is 3. The van der Waals surface area contributed by atoms with Crippen LogP contribution in [0.5, 0.6) is 11.5 Å². The van der Waals surface area contributed by atoms with Gasteiger partial charge in [0.15, 0.2) is 17.8 Å². The van der Waals surface area contributed by atoms with Gasteiger partial charge < -0.3 is 19.1 Å². The molecule has 1 heterocycles. The Morgan fingerprint density at radius 3 is 2.41 bits per heavy atom. The number of hydrogen-bond acceptors (Lipinski definition) is 5. The predicted octanol–water partition coefficient (Wildman–Crippen LogP) is 5.41. The highest BCUT2D eigenvalue weighted by Gasteiger charge is 2.22. The fourth-order valence-corrected chi connectivity index (χ4v) is 4.58. The van der Waals surface area contributed by atoms with E-state index in [4.69, 9.17) is 9.47 Å². The number of aryl methyl sites for hydroxylation is 3. The van der Waals surface area contributed by atoms with Crippen molar-refractivity contribution in [1.29, 1.82) is 0 Å². The zero-order chi connectivity index (χ0) is 23.2. The van der Waals surface area contributed by atoms with Crippen molar-refractivity contribution < 1.29 is 24.2 Å². The molecule has 0 amide bonds. The number of hydrogen-bond donors (Lipinski definition) is 1. The van der Waals surface area contributed by atoms with E-state index in [1.54, 1.807) is 6.07 Å². The highest BCUT2D eigenvalue weighted by molar-refractivity contribution is 6.14. The number of phenols is 1. The van der Waals surface area contributed by atoms with Crippen molar-refractivity contribution in [2.45, 2.75) is 27.3 Å². The molecule has 1 N–H and O–H groups in total. The minimum absolute atomic E-state index is 0.146. The average Bonchev–Trinajstić information content (AvgIpc) is 3.10. The maximum atomic E-state index is 12.8. The van der Waals surface area contributed by atoms with Gasteiger partial charge in [0, 0.05) is 28.4 Å². The maximum absolute atomic E-state index is 12.8. The van der Waals surface area contributed by atoms with Crippen LogP contribution in [0.3, 0.4) is 0 Å². The Hall–Kier alpha value is -3.80. The second-order valence-corrected chi connectivity index (χ2v) is 7.86. The molecule has 0 aliphatic rings. The molecule has 0 atom stereocenters. The fraction of sp³-hybridized carbons (Fsp3) is 0.231. The first-order valence-corrected chi connectivity index (χ1v) is 10.4. The summed E-state index contributed by atoms with van der Waals surface area (Å²) in [6.45, 7) is 6.95. The number of esters is 1. The van der Waals surface area contributed by atoms with Crippen LogP contribution in [0.1, 0.15) is 38.8 Å². The summed E-state index contributed by atoms with van der Waals surface area (Å²) >= 11 is 0. The number of ether oxygens (including phenoxy) is 2. The highest BCUT2D eigenvalue weighted by Crippen LogP contribution is 2.40. The molecule has 6 nitrogen and oxygen atoms in total. The second-order valence-electron chi connectivity index (χ2n) is 7.86. The molecule has 0 aliphatic carbocycles. The Balaban J connectivity index is 2.19. The van der Waals surface area contributed by atoms with Gasteiger partial charge in [-0.25, -0.2) is 4.79 Å². The van der Waals surface area contributed by atoms with Crippen LogP contribution in [-0.2, 0) is 11.3 Å². The molecule has 0 saturated heterocycles. The number of nitrogens with zero attached hydrogens (tertiary/aromatic N) is 1. The van der Waals surface area contributed by atoms with Gasteiger partial charge in [-0.2, -0.15) is 0 Å². The van der Waals surface area contributed by atoms with E-state index in [1.165, 1.54) is 20.3 Å². The van der Waals surface area contributed by atoms with Crippen LogP contribution in [0.4, 0.5) is 0 Å². The number of phenolic OH excluding ortho intramolecular Hbond substituents is 1. The largest absolute Gasteiger partial charge is 0.504 e. The summed E-state index contributed by atoms with van der Waals surface area (Å²) in [5, 5.41) is 12.2. The Kier molecular flexibility index (Phi) is 5.38. The number of carbonyl (C=O) groups excluding carboxylic acids is 2. The van der Waals surface area contributed by atoms with Crippen LogP contribution in [0, 0.1) is 13.8 Å². The molecular weight excluding hydrogens is 406 g/mol. The van der Waals surface area contributed by atoms with Crippen LogP contribution >= 0.6 is 0 Å². The van der Waals surface area contributed by atoms with Crippen molar-refractivity contribution in [2.24, 2.45) is 0 Å². The summed E-state index contributed by atoms with van der Waals surface area (Å²) in [6.07, 6.45) is 0.655. The van der Waals surface area contributed by atoms with Gasteiger partial charge in [-0.05, 0) is 67.8 Å². The van der Waals surface area contributed by atoms with E-state index in [-0.39, 0.29) is 17.1 Å². The van der Waals surface area contributed by atoms with Gasteiger partial charge in [0.2, 0.25) is 0 Å². The van der Waals surface area contributed by atoms with E-state index in [9.17, 15) is 14.7 Å². The standard InChI is InChI=1S/C26H25NO5/c1-6-27-22-11-18(17-12-24(31-4)23(29)9-16(17)13-28)21(26(30)32-5)10-19(22)20-8-14(2)7-15(3)25(20)27/h7-13,29H,6H2,1-5H3. The molecule has 32 heavy (non-hydrogen) atoms. The Labute approximate surface area is 186 Å². The first-order valence-electron chi connectivity index (χ1n) is 10.4. The van der Waals surface area contributed by atoms with Crippen LogP contribution in [-0.4, -0.2) is 36.1 Å². The van der Waals surface area contributed by atoms with Crippen molar-refractivity contribution in [3.05, 3.63) is 58.7 Å². The maximum Gasteiger partial charge on any atom is 0.338 e. The molecule has 4 rings (SSSR count). The number of aromatic hydroxyl groups is 1. The summed E-state index contributed by atoms with van der Waals surface area (Å²) in [5.74, 6) is -0.440. The number of fused-ring (bicyclic) bond motifs is 3. The van der Waals surface area contributed by atoms with Gasteiger partial charge >= 0.3 is 5.97 Å². The second kappa shape index (κ2) is 8.04. The zero-order valence-corrected chi connectivity index (χ0v) is 18.8. The third kappa shape index (κ3) is 3.19. The molecule has 0 spiro atoms. The highest BCUT2D eigenvalue weighted by atomic mass is 16.5. The fourth-order valence-electron chi connectivity index (χ4n) is 4.58. The third-order valence-electron chi connectivity index (χ3n) is 5.92. The van der Waals surface area contributed by atoms with E-state index >= 15 is 0 Å². The van der Waals surface area contributed by atoms with Crippen molar-refractivity contribution in [1.82, 2.24) is 4.57 Å². The summed E-state index contributed by atoms with van der Waals surface area (Å²) in [5.41, 5.74) is 5.96. The number of aldehydes is 1. The number of rotatable bonds is 5. The van der Waals surface area contributed by atoms with Crippen molar-refractivity contribution in [2.75, 3.05) is 14.2 Å². The molecule has 6 heteroatoms. The van der Waals surface area contributed by atoms with E-state index in [2.05, 4.69) is 37.5 Å². The van der Waals surface area contributed by atoms with Crippen molar-refractivity contribution >= 4 is 34.1 Å². The van der Waals surface area contributed by atoms with E-state index in [1.807, 2.05) is 12.1 Å². The summed E-state index contributed by atoms with van der Waals surface area (Å²) in [4.78, 5) is 24.7.